The van der Waals surface area contributed by atoms with Gasteiger partial charge in [-0.2, -0.15) is 4.57 Å². The van der Waals surface area contributed by atoms with E-state index >= 15 is 0 Å². The fraction of sp³-hybridized carbons (Fsp3) is 0.261. The van der Waals surface area contributed by atoms with E-state index in [0.717, 1.165) is 26.7 Å². The normalized spacial score (nSPS) is 11.7. The van der Waals surface area contributed by atoms with E-state index in [2.05, 4.69) is 4.57 Å². The predicted octanol–water partition coefficient (Wildman–Crippen LogP) is 4.13. The molecule has 0 saturated heterocycles. The molecule has 0 bridgehead atoms. The van der Waals surface area contributed by atoms with Crippen molar-refractivity contribution >= 4 is 33.6 Å². The average Bonchev–Trinajstić information content (AvgIpc) is 3.06. The number of nitrogens with zero attached hydrogens (tertiary/aromatic N) is 1. The van der Waals surface area contributed by atoms with Crippen LogP contribution in [0.5, 0.6) is 11.5 Å². The maximum atomic E-state index is 11.1. The molecule has 0 amide bonds. The average molecular weight is 460 g/mol. The second-order valence-corrected chi connectivity index (χ2v) is 9.68. The second-order valence-electron chi connectivity index (χ2n) is 6.92. The lowest BCUT2D eigenvalue weighted by atomic mass is 10.1. The number of aromatic nitrogens is 1. The molecule has 3 aromatic rings. The molecule has 0 aliphatic rings. The van der Waals surface area contributed by atoms with E-state index in [1.165, 1.54) is 0 Å². The third-order valence-corrected chi connectivity index (χ3v) is 6.65. The number of benzene rings is 2. The van der Waals surface area contributed by atoms with Crippen molar-refractivity contribution in [3.63, 3.8) is 0 Å². The molecule has 6 nitrogen and oxygen atoms in total. The number of thiazole rings is 1. The van der Waals surface area contributed by atoms with Crippen LogP contribution in [0.1, 0.15) is 21.9 Å². The van der Waals surface area contributed by atoms with Crippen molar-refractivity contribution in [1.29, 1.82) is 0 Å². The Balaban J connectivity index is 2.00. The number of hydrogen-bond acceptors (Lipinski definition) is 6. The third kappa shape index (κ3) is 5.94. The standard InChI is InChI=1S/C23H25NO5S2/c1-17-23(19-8-5-4-6-9-19)24(14-7-15-31(25,26)27)22(30-17)13-11-18-10-12-20(28-2)16-21(18)29-3/h4-6,8-13,16H,7,14-15H2,1-3H3/b13-11+. The van der Waals surface area contributed by atoms with Crippen LogP contribution < -0.4 is 14.0 Å². The molecule has 0 unspecified atom stereocenters. The first-order chi connectivity index (χ1) is 14.8. The Labute approximate surface area is 187 Å². The summed E-state index contributed by atoms with van der Waals surface area (Å²) < 4.78 is 46.1. The number of aryl methyl sites for hydroxylation is 1. The molecule has 1 aromatic heterocycles. The van der Waals surface area contributed by atoms with Gasteiger partial charge < -0.3 is 14.0 Å². The van der Waals surface area contributed by atoms with E-state index in [1.807, 2.05) is 67.6 Å². The van der Waals surface area contributed by atoms with Crippen LogP contribution >= 0.6 is 11.3 Å². The number of methoxy groups -OCH3 is 2. The monoisotopic (exact) mass is 459 g/mol. The molecule has 0 spiro atoms. The summed E-state index contributed by atoms with van der Waals surface area (Å²) in [5.74, 6) is 1.01. The van der Waals surface area contributed by atoms with Gasteiger partial charge in [0.25, 0.3) is 5.01 Å². The minimum Gasteiger partial charge on any atom is -0.748 e. The highest BCUT2D eigenvalue weighted by Crippen LogP contribution is 2.29. The van der Waals surface area contributed by atoms with Crippen LogP contribution in [0.15, 0.2) is 48.5 Å². The zero-order chi connectivity index (χ0) is 22.4. The van der Waals surface area contributed by atoms with Crippen LogP contribution in [-0.2, 0) is 16.7 Å². The van der Waals surface area contributed by atoms with Crippen molar-refractivity contribution in [2.45, 2.75) is 19.9 Å². The lowest BCUT2D eigenvalue weighted by Gasteiger charge is -2.07. The molecule has 2 aromatic carbocycles. The topological polar surface area (TPSA) is 79.5 Å². The van der Waals surface area contributed by atoms with Gasteiger partial charge in [0.05, 0.1) is 29.2 Å². The highest BCUT2D eigenvalue weighted by molar-refractivity contribution is 7.85. The van der Waals surface area contributed by atoms with Crippen molar-refractivity contribution in [2.75, 3.05) is 20.0 Å². The summed E-state index contributed by atoms with van der Waals surface area (Å²) in [6, 6.07) is 15.5. The van der Waals surface area contributed by atoms with E-state index in [0.29, 0.717) is 18.0 Å². The molecule has 0 radical (unpaired) electrons. The Morgan fingerprint density at radius 3 is 2.45 bits per heavy atom. The Hall–Kier alpha value is -2.68. The zero-order valence-corrected chi connectivity index (χ0v) is 19.3. The first kappa shape index (κ1) is 23.0. The molecular formula is C23H25NO5S2. The lowest BCUT2D eigenvalue weighted by molar-refractivity contribution is -0.683. The van der Waals surface area contributed by atoms with Crippen molar-refractivity contribution in [2.24, 2.45) is 0 Å². The molecular weight excluding hydrogens is 434 g/mol. The molecule has 0 N–H and O–H groups in total. The minimum absolute atomic E-state index is 0.249. The van der Waals surface area contributed by atoms with Gasteiger partial charge in [0.2, 0.25) is 5.69 Å². The van der Waals surface area contributed by atoms with Crippen LogP contribution in [0.2, 0.25) is 0 Å². The molecule has 0 aliphatic heterocycles. The van der Waals surface area contributed by atoms with Gasteiger partial charge in [0.15, 0.2) is 6.54 Å². The van der Waals surface area contributed by atoms with Gasteiger partial charge in [0.1, 0.15) is 11.5 Å². The van der Waals surface area contributed by atoms with Crippen LogP contribution in [0.3, 0.4) is 0 Å². The Kier molecular flexibility index (Phi) is 7.48. The van der Waals surface area contributed by atoms with Crippen molar-refractivity contribution in [1.82, 2.24) is 0 Å². The molecule has 8 heteroatoms. The highest BCUT2D eigenvalue weighted by Gasteiger charge is 2.24. The summed E-state index contributed by atoms with van der Waals surface area (Å²) in [6.45, 7) is 2.47. The van der Waals surface area contributed by atoms with Gasteiger partial charge in [-0.05, 0) is 37.3 Å². The minimum atomic E-state index is -4.26. The first-order valence-corrected chi connectivity index (χ1v) is 12.1. The molecule has 0 atom stereocenters. The van der Waals surface area contributed by atoms with Crippen LogP contribution in [0.4, 0.5) is 0 Å². The summed E-state index contributed by atoms with van der Waals surface area (Å²) in [6.07, 6.45) is 4.19. The van der Waals surface area contributed by atoms with Crippen LogP contribution in [0.25, 0.3) is 23.4 Å². The van der Waals surface area contributed by atoms with E-state index < -0.39 is 15.9 Å². The summed E-state index contributed by atoms with van der Waals surface area (Å²) in [7, 11) is -1.04. The van der Waals surface area contributed by atoms with E-state index in [4.69, 9.17) is 9.47 Å². The van der Waals surface area contributed by atoms with Crippen molar-refractivity contribution in [3.05, 3.63) is 64.0 Å². The van der Waals surface area contributed by atoms with Gasteiger partial charge in [-0.25, -0.2) is 8.42 Å². The van der Waals surface area contributed by atoms with Crippen LogP contribution in [0, 0.1) is 6.92 Å². The first-order valence-electron chi connectivity index (χ1n) is 9.74. The summed E-state index contributed by atoms with van der Waals surface area (Å²) in [5.41, 5.74) is 2.96. The Morgan fingerprint density at radius 1 is 1.06 bits per heavy atom. The zero-order valence-electron chi connectivity index (χ0n) is 17.7. The molecule has 1 heterocycles. The van der Waals surface area contributed by atoms with E-state index in [9.17, 15) is 13.0 Å². The number of ether oxygens (including phenoxy) is 2. The summed E-state index contributed by atoms with van der Waals surface area (Å²) >= 11 is 1.62. The van der Waals surface area contributed by atoms with Gasteiger partial charge in [-0.1, -0.05) is 29.5 Å². The Morgan fingerprint density at radius 2 is 1.81 bits per heavy atom. The fourth-order valence-electron chi connectivity index (χ4n) is 3.38. The summed E-state index contributed by atoms with van der Waals surface area (Å²) in [4.78, 5) is 1.11. The van der Waals surface area contributed by atoms with Crippen molar-refractivity contribution < 1.29 is 27.0 Å². The van der Waals surface area contributed by atoms with Gasteiger partial charge >= 0.3 is 0 Å². The highest BCUT2D eigenvalue weighted by atomic mass is 32.2. The lowest BCUT2D eigenvalue weighted by Crippen LogP contribution is -2.37. The maximum absolute atomic E-state index is 11.1. The molecule has 31 heavy (non-hydrogen) atoms. The Bertz CT molecular complexity index is 1170. The predicted molar refractivity (Wildman–Crippen MR) is 122 cm³/mol. The van der Waals surface area contributed by atoms with E-state index in [-0.39, 0.29) is 6.42 Å². The largest absolute Gasteiger partial charge is 0.748 e. The quantitative estimate of drug-likeness (QED) is 0.355. The fourth-order valence-corrected chi connectivity index (χ4v) is 4.93. The molecule has 3 rings (SSSR count). The molecule has 164 valence electrons. The molecule has 0 fully saturated rings. The number of hydrogen-bond donors (Lipinski definition) is 0. The van der Waals surface area contributed by atoms with Crippen molar-refractivity contribution in [3.8, 4) is 22.8 Å². The maximum Gasteiger partial charge on any atom is 0.262 e. The smallest absolute Gasteiger partial charge is 0.262 e. The van der Waals surface area contributed by atoms with Crippen LogP contribution in [-0.4, -0.2) is 32.9 Å². The molecule has 0 aliphatic carbocycles. The SMILES string of the molecule is COc1ccc(/C=C/c2sc(C)c(-c3ccccc3)[n+]2CCCS(=O)(=O)[O-])c(OC)c1. The molecule has 0 saturated carbocycles. The summed E-state index contributed by atoms with van der Waals surface area (Å²) in [5, 5.41) is 0.956. The van der Waals surface area contributed by atoms with Gasteiger partial charge in [-0.3, -0.25) is 0 Å². The van der Waals surface area contributed by atoms with E-state index in [1.54, 1.807) is 25.6 Å². The number of rotatable bonds is 9. The second kappa shape index (κ2) is 10.1. The van der Waals surface area contributed by atoms with Gasteiger partial charge in [0, 0.05) is 35.4 Å². The third-order valence-electron chi connectivity index (χ3n) is 4.80. The van der Waals surface area contributed by atoms with Gasteiger partial charge in [-0.15, -0.1) is 0 Å².